The summed E-state index contributed by atoms with van der Waals surface area (Å²) in [6, 6.07) is 1.21. The number of rotatable bonds is 4. The predicted molar refractivity (Wildman–Crippen MR) is 103 cm³/mol. The van der Waals surface area contributed by atoms with E-state index in [2.05, 4.69) is 35.7 Å². The smallest absolute Gasteiger partial charge is 0.259 e. The third-order valence-electron chi connectivity index (χ3n) is 5.88. The van der Waals surface area contributed by atoms with Crippen molar-refractivity contribution in [3.05, 3.63) is 26.6 Å². The van der Waals surface area contributed by atoms with Crippen LogP contribution in [0.1, 0.15) is 49.4 Å². The van der Waals surface area contributed by atoms with Crippen LogP contribution in [-0.4, -0.2) is 52.0 Å². The van der Waals surface area contributed by atoms with E-state index < -0.39 is 0 Å². The molecule has 0 aromatic carbocycles. The Bertz CT molecular complexity index is 817. The molecule has 136 valence electrons. The number of nitrogens with zero attached hydrogens (tertiary/aromatic N) is 3. The molecule has 2 aromatic heterocycles. The normalized spacial score (nSPS) is 19.4. The molecule has 4 rings (SSSR count). The first-order chi connectivity index (χ1) is 12.0. The van der Waals surface area contributed by atoms with Crippen molar-refractivity contribution in [2.45, 2.75) is 64.6 Å². The first-order valence-corrected chi connectivity index (χ1v) is 10.3. The number of nitrogens with one attached hydrogen (secondary N) is 1. The summed E-state index contributed by atoms with van der Waals surface area (Å²) >= 11 is 1.72. The Kier molecular flexibility index (Phi) is 4.69. The quantitative estimate of drug-likeness (QED) is 0.911. The lowest BCUT2D eigenvalue weighted by Gasteiger charge is -2.38. The van der Waals surface area contributed by atoms with Gasteiger partial charge in [-0.15, -0.1) is 11.3 Å². The van der Waals surface area contributed by atoms with Crippen LogP contribution in [0.25, 0.3) is 10.2 Å². The van der Waals surface area contributed by atoms with Gasteiger partial charge in [-0.2, -0.15) is 0 Å². The summed E-state index contributed by atoms with van der Waals surface area (Å²) in [6.07, 6.45) is 5.70. The second kappa shape index (κ2) is 6.82. The molecule has 6 heteroatoms. The van der Waals surface area contributed by atoms with Crippen molar-refractivity contribution in [1.29, 1.82) is 0 Å². The van der Waals surface area contributed by atoms with Crippen molar-refractivity contribution in [2.75, 3.05) is 20.1 Å². The zero-order valence-electron chi connectivity index (χ0n) is 15.5. The maximum Gasteiger partial charge on any atom is 0.259 e. The number of fused-ring (bicyclic) bond motifs is 3. The standard InChI is InChI=1S/C19H28N4OS/c1-12(2)23-9-7-13(8-10-23)22(3)11-16-20-18(24)17-14-5-4-6-15(14)25-19(17)21-16/h12-13H,4-11H2,1-3H3,(H,20,21,24). The number of hydrogen-bond donors (Lipinski definition) is 1. The van der Waals surface area contributed by atoms with Crippen LogP contribution in [0.3, 0.4) is 0 Å². The van der Waals surface area contributed by atoms with Gasteiger partial charge in [-0.25, -0.2) is 4.98 Å². The minimum atomic E-state index is 0.0578. The van der Waals surface area contributed by atoms with Crippen molar-refractivity contribution < 1.29 is 0 Å². The number of thiophene rings is 1. The van der Waals surface area contributed by atoms with Crippen molar-refractivity contribution in [3.63, 3.8) is 0 Å². The van der Waals surface area contributed by atoms with E-state index in [0.717, 1.165) is 48.5 Å². The summed E-state index contributed by atoms with van der Waals surface area (Å²) in [5, 5.41) is 0.856. The van der Waals surface area contributed by atoms with E-state index in [0.29, 0.717) is 12.1 Å². The monoisotopic (exact) mass is 360 g/mol. The van der Waals surface area contributed by atoms with Crippen LogP contribution in [0.5, 0.6) is 0 Å². The summed E-state index contributed by atoms with van der Waals surface area (Å²) in [7, 11) is 2.16. The zero-order valence-corrected chi connectivity index (χ0v) is 16.3. The average molecular weight is 361 g/mol. The van der Waals surface area contributed by atoms with Crippen molar-refractivity contribution in [3.8, 4) is 0 Å². The highest BCUT2D eigenvalue weighted by molar-refractivity contribution is 7.18. The summed E-state index contributed by atoms with van der Waals surface area (Å²) in [4.78, 5) is 27.6. The van der Waals surface area contributed by atoms with Gasteiger partial charge in [0.05, 0.1) is 11.9 Å². The molecule has 0 spiro atoms. The summed E-state index contributed by atoms with van der Waals surface area (Å²) in [5.74, 6) is 0.811. The Balaban J connectivity index is 1.48. The van der Waals surface area contributed by atoms with Crippen LogP contribution >= 0.6 is 11.3 Å². The van der Waals surface area contributed by atoms with Gasteiger partial charge in [-0.1, -0.05) is 0 Å². The molecule has 1 N–H and O–H groups in total. The molecule has 2 aliphatic rings. The highest BCUT2D eigenvalue weighted by atomic mass is 32.1. The molecule has 1 aliphatic carbocycles. The summed E-state index contributed by atoms with van der Waals surface area (Å²) < 4.78 is 0. The molecule has 0 amide bonds. The maximum absolute atomic E-state index is 12.6. The average Bonchev–Trinajstić information content (AvgIpc) is 3.15. The van der Waals surface area contributed by atoms with E-state index in [1.54, 1.807) is 11.3 Å². The largest absolute Gasteiger partial charge is 0.309 e. The fraction of sp³-hybridized carbons (Fsp3) is 0.684. The molecule has 2 aromatic rings. The Morgan fingerprint density at radius 2 is 2.08 bits per heavy atom. The van der Waals surface area contributed by atoms with E-state index in [9.17, 15) is 4.79 Å². The van der Waals surface area contributed by atoms with Gasteiger partial charge in [0.15, 0.2) is 0 Å². The Labute approximate surface area is 153 Å². The highest BCUT2D eigenvalue weighted by Crippen LogP contribution is 2.34. The Morgan fingerprint density at radius 1 is 1.32 bits per heavy atom. The van der Waals surface area contributed by atoms with Gasteiger partial charge < -0.3 is 9.88 Å². The molecule has 0 atom stereocenters. The van der Waals surface area contributed by atoms with Crippen molar-refractivity contribution in [1.82, 2.24) is 19.8 Å². The first-order valence-electron chi connectivity index (χ1n) is 9.50. The number of aromatic amines is 1. The fourth-order valence-corrected chi connectivity index (χ4v) is 5.61. The maximum atomic E-state index is 12.6. The van der Waals surface area contributed by atoms with Gasteiger partial charge in [0.25, 0.3) is 5.56 Å². The predicted octanol–water partition coefficient (Wildman–Crippen LogP) is 2.78. The molecular formula is C19H28N4OS. The summed E-state index contributed by atoms with van der Waals surface area (Å²) in [5.41, 5.74) is 1.32. The van der Waals surface area contributed by atoms with Gasteiger partial charge >= 0.3 is 0 Å². The van der Waals surface area contributed by atoms with Crippen LogP contribution in [0.4, 0.5) is 0 Å². The van der Waals surface area contributed by atoms with Crippen LogP contribution in [0.2, 0.25) is 0 Å². The topological polar surface area (TPSA) is 52.2 Å². The van der Waals surface area contributed by atoms with Crippen molar-refractivity contribution in [2.24, 2.45) is 0 Å². The molecule has 0 saturated carbocycles. The zero-order chi connectivity index (χ0) is 17.6. The number of aryl methyl sites for hydroxylation is 2. The van der Waals surface area contributed by atoms with Gasteiger partial charge in [0.1, 0.15) is 10.7 Å². The molecule has 1 saturated heterocycles. The number of aromatic nitrogens is 2. The molecule has 3 heterocycles. The molecule has 1 aliphatic heterocycles. The van der Waals surface area contributed by atoms with Crippen LogP contribution in [0, 0.1) is 0 Å². The van der Waals surface area contributed by atoms with Gasteiger partial charge in [0, 0.05) is 17.0 Å². The Hall–Kier alpha value is -1.24. The molecular weight excluding hydrogens is 332 g/mol. The Morgan fingerprint density at radius 3 is 2.80 bits per heavy atom. The molecule has 5 nitrogen and oxygen atoms in total. The molecule has 1 fully saturated rings. The lowest BCUT2D eigenvalue weighted by Crippen LogP contribution is -2.45. The van der Waals surface area contributed by atoms with Crippen LogP contribution < -0.4 is 5.56 Å². The SMILES string of the molecule is CC(C)N1CCC(N(C)Cc2nc3sc4c(c3c(=O)[nH]2)CCC4)CC1. The lowest BCUT2D eigenvalue weighted by atomic mass is 10.0. The second-order valence-corrected chi connectivity index (χ2v) is 8.91. The minimum Gasteiger partial charge on any atom is -0.309 e. The number of piperidine rings is 1. The first kappa shape index (κ1) is 17.2. The van der Waals surface area contributed by atoms with Gasteiger partial charge in [-0.05, 0) is 71.7 Å². The molecule has 25 heavy (non-hydrogen) atoms. The van der Waals surface area contributed by atoms with Crippen molar-refractivity contribution >= 4 is 21.6 Å². The molecule has 0 bridgehead atoms. The van der Waals surface area contributed by atoms with E-state index >= 15 is 0 Å². The van der Waals surface area contributed by atoms with Crippen LogP contribution in [-0.2, 0) is 19.4 Å². The molecule has 0 unspecified atom stereocenters. The summed E-state index contributed by atoms with van der Waals surface area (Å²) in [6.45, 7) is 7.58. The third-order valence-corrected chi connectivity index (χ3v) is 7.06. The minimum absolute atomic E-state index is 0.0578. The fourth-order valence-electron chi connectivity index (χ4n) is 4.33. The van der Waals surface area contributed by atoms with E-state index in [-0.39, 0.29) is 5.56 Å². The molecule has 0 radical (unpaired) electrons. The van der Waals surface area contributed by atoms with Gasteiger partial charge in [0.2, 0.25) is 0 Å². The highest BCUT2D eigenvalue weighted by Gasteiger charge is 2.25. The van der Waals surface area contributed by atoms with Gasteiger partial charge in [-0.3, -0.25) is 9.69 Å². The number of H-pyrrole nitrogens is 1. The van der Waals surface area contributed by atoms with E-state index in [1.807, 2.05) is 0 Å². The van der Waals surface area contributed by atoms with E-state index in [1.165, 1.54) is 29.7 Å². The van der Waals surface area contributed by atoms with Crippen LogP contribution in [0.15, 0.2) is 4.79 Å². The third kappa shape index (κ3) is 3.27. The second-order valence-electron chi connectivity index (χ2n) is 7.83. The lowest BCUT2D eigenvalue weighted by molar-refractivity contribution is 0.103. The number of likely N-dealkylation sites (tertiary alicyclic amines) is 1. The van der Waals surface area contributed by atoms with E-state index in [4.69, 9.17) is 4.98 Å². The number of hydrogen-bond acceptors (Lipinski definition) is 5.